The SMILES string of the molecule is COc1ccc(-c2cnc(C[S@](=O)Cc3ccc(F)cc3)o2)cc1. The van der Waals surface area contributed by atoms with Gasteiger partial charge in [-0.1, -0.05) is 12.1 Å². The Hall–Kier alpha value is -2.47. The molecule has 6 heteroatoms. The summed E-state index contributed by atoms with van der Waals surface area (Å²) >= 11 is 0. The lowest BCUT2D eigenvalue weighted by Gasteiger charge is -2.01. The molecule has 0 amide bonds. The van der Waals surface area contributed by atoms with Crippen molar-refractivity contribution in [3.63, 3.8) is 0 Å². The monoisotopic (exact) mass is 345 g/mol. The summed E-state index contributed by atoms with van der Waals surface area (Å²) in [4.78, 5) is 4.18. The highest BCUT2D eigenvalue weighted by Crippen LogP contribution is 2.23. The average molecular weight is 345 g/mol. The first-order chi connectivity index (χ1) is 11.6. The van der Waals surface area contributed by atoms with E-state index in [1.165, 1.54) is 12.1 Å². The summed E-state index contributed by atoms with van der Waals surface area (Å²) in [6.07, 6.45) is 1.62. The maximum Gasteiger partial charge on any atom is 0.207 e. The van der Waals surface area contributed by atoms with E-state index in [9.17, 15) is 8.60 Å². The van der Waals surface area contributed by atoms with Gasteiger partial charge in [-0.05, 0) is 42.0 Å². The molecule has 3 rings (SSSR count). The number of aromatic nitrogens is 1. The van der Waals surface area contributed by atoms with E-state index in [4.69, 9.17) is 9.15 Å². The maximum atomic E-state index is 12.9. The van der Waals surface area contributed by atoms with Crippen LogP contribution >= 0.6 is 0 Å². The Labute approximate surface area is 141 Å². The molecule has 0 aliphatic heterocycles. The normalized spacial score (nSPS) is 12.1. The van der Waals surface area contributed by atoms with Crippen LogP contribution in [0.5, 0.6) is 5.75 Å². The van der Waals surface area contributed by atoms with E-state index in [1.54, 1.807) is 25.4 Å². The third-order valence-electron chi connectivity index (χ3n) is 3.45. The number of halogens is 1. The van der Waals surface area contributed by atoms with E-state index < -0.39 is 10.8 Å². The molecular weight excluding hydrogens is 329 g/mol. The Balaban J connectivity index is 1.64. The molecule has 24 heavy (non-hydrogen) atoms. The average Bonchev–Trinajstić information content (AvgIpc) is 3.05. The van der Waals surface area contributed by atoms with Crippen molar-refractivity contribution in [2.45, 2.75) is 11.5 Å². The van der Waals surface area contributed by atoms with Crippen molar-refractivity contribution in [3.05, 3.63) is 72.0 Å². The molecule has 0 N–H and O–H groups in total. The van der Waals surface area contributed by atoms with Crippen LogP contribution in [-0.2, 0) is 22.3 Å². The molecule has 0 radical (unpaired) electrons. The van der Waals surface area contributed by atoms with E-state index in [0.717, 1.165) is 16.9 Å². The van der Waals surface area contributed by atoms with Crippen LogP contribution in [0.2, 0.25) is 0 Å². The van der Waals surface area contributed by atoms with E-state index in [-0.39, 0.29) is 11.6 Å². The van der Waals surface area contributed by atoms with E-state index >= 15 is 0 Å². The minimum Gasteiger partial charge on any atom is -0.497 e. The topological polar surface area (TPSA) is 52.3 Å². The van der Waals surface area contributed by atoms with Crippen LogP contribution in [0, 0.1) is 5.82 Å². The minimum absolute atomic E-state index is 0.216. The predicted molar refractivity (Wildman–Crippen MR) is 90.4 cm³/mol. The molecule has 0 spiro atoms. The summed E-state index contributed by atoms with van der Waals surface area (Å²) in [6.45, 7) is 0. The Bertz CT molecular complexity index is 828. The number of hydrogen-bond acceptors (Lipinski definition) is 4. The third kappa shape index (κ3) is 4.08. The van der Waals surface area contributed by atoms with E-state index in [2.05, 4.69) is 4.98 Å². The standard InChI is InChI=1S/C18H16FNO3S/c1-22-16-8-4-14(5-9-16)17-10-20-18(23-17)12-24(21)11-13-2-6-15(19)7-3-13/h2-10H,11-12H2,1H3/t24-/m1/s1. The van der Waals surface area contributed by atoms with Gasteiger partial charge in [0.05, 0.1) is 13.3 Å². The fraction of sp³-hybridized carbons (Fsp3) is 0.167. The molecule has 3 aromatic rings. The quantitative estimate of drug-likeness (QED) is 0.679. The van der Waals surface area contributed by atoms with Gasteiger partial charge in [0, 0.05) is 22.1 Å². The van der Waals surface area contributed by atoms with Gasteiger partial charge in [0.15, 0.2) is 5.76 Å². The number of methoxy groups -OCH3 is 1. The number of benzene rings is 2. The second-order valence-electron chi connectivity index (χ2n) is 5.20. The molecule has 0 saturated heterocycles. The number of hydrogen-bond donors (Lipinski definition) is 0. The first-order valence-corrected chi connectivity index (χ1v) is 8.81. The molecule has 0 unspecified atom stereocenters. The zero-order valence-corrected chi connectivity index (χ0v) is 13.9. The van der Waals surface area contributed by atoms with E-state index in [0.29, 0.717) is 17.4 Å². The molecule has 0 saturated carbocycles. The highest BCUT2D eigenvalue weighted by Gasteiger charge is 2.11. The van der Waals surface area contributed by atoms with Crippen LogP contribution in [0.3, 0.4) is 0 Å². The largest absolute Gasteiger partial charge is 0.497 e. The van der Waals surface area contributed by atoms with Crippen molar-refractivity contribution in [1.29, 1.82) is 0 Å². The Morgan fingerprint density at radius 3 is 2.46 bits per heavy atom. The zero-order valence-electron chi connectivity index (χ0n) is 13.1. The number of ether oxygens (including phenoxy) is 1. The van der Waals surface area contributed by atoms with Crippen LogP contribution in [0.25, 0.3) is 11.3 Å². The van der Waals surface area contributed by atoms with Gasteiger partial charge < -0.3 is 9.15 Å². The second-order valence-corrected chi connectivity index (χ2v) is 6.66. The van der Waals surface area contributed by atoms with Crippen LogP contribution in [-0.4, -0.2) is 16.3 Å². The van der Waals surface area contributed by atoms with Crippen molar-refractivity contribution >= 4 is 10.8 Å². The molecule has 1 aromatic heterocycles. The first-order valence-electron chi connectivity index (χ1n) is 7.32. The summed E-state index contributed by atoms with van der Waals surface area (Å²) in [5.41, 5.74) is 1.69. The maximum absolute atomic E-state index is 12.9. The molecule has 1 atom stereocenters. The molecule has 4 nitrogen and oxygen atoms in total. The highest BCUT2D eigenvalue weighted by molar-refractivity contribution is 7.83. The smallest absolute Gasteiger partial charge is 0.207 e. The van der Waals surface area contributed by atoms with Gasteiger partial charge in [0.2, 0.25) is 5.89 Å². The lowest BCUT2D eigenvalue weighted by Crippen LogP contribution is -1.99. The second kappa shape index (κ2) is 7.40. The van der Waals surface area contributed by atoms with Crippen molar-refractivity contribution in [2.24, 2.45) is 0 Å². The summed E-state index contributed by atoms with van der Waals surface area (Å²) in [7, 11) is 0.434. The lowest BCUT2D eigenvalue weighted by molar-refractivity contribution is 0.415. The van der Waals surface area contributed by atoms with Crippen LogP contribution in [0.1, 0.15) is 11.5 Å². The number of nitrogens with zero attached hydrogens (tertiary/aromatic N) is 1. The lowest BCUT2D eigenvalue weighted by atomic mass is 10.2. The number of oxazole rings is 1. The molecule has 0 bridgehead atoms. The zero-order chi connectivity index (χ0) is 16.9. The highest BCUT2D eigenvalue weighted by atomic mass is 32.2. The summed E-state index contributed by atoms with van der Waals surface area (Å²) in [6, 6.07) is 13.4. The van der Waals surface area contributed by atoms with Gasteiger partial charge in [0.25, 0.3) is 0 Å². The minimum atomic E-state index is -1.18. The fourth-order valence-electron chi connectivity index (χ4n) is 2.22. The van der Waals surface area contributed by atoms with Gasteiger partial charge in [-0.3, -0.25) is 4.21 Å². The molecular formula is C18H16FNO3S. The van der Waals surface area contributed by atoms with Gasteiger partial charge in [-0.25, -0.2) is 9.37 Å². The molecule has 0 aliphatic carbocycles. The molecule has 0 aliphatic rings. The van der Waals surface area contributed by atoms with Gasteiger partial charge >= 0.3 is 0 Å². The molecule has 0 fully saturated rings. The Kier molecular flexibility index (Phi) is 5.05. The molecule has 2 aromatic carbocycles. The van der Waals surface area contributed by atoms with Crippen LogP contribution in [0.4, 0.5) is 4.39 Å². The Morgan fingerprint density at radius 2 is 1.79 bits per heavy atom. The summed E-state index contributed by atoms with van der Waals surface area (Å²) < 4.78 is 35.9. The van der Waals surface area contributed by atoms with Crippen molar-refractivity contribution < 1.29 is 17.8 Å². The van der Waals surface area contributed by atoms with Crippen LogP contribution in [0.15, 0.2) is 59.1 Å². The van der Waals surface area contributed by atoms with Crippen molar-refractivity contribution in [2.75, 3.05) is 7.11 Å². The van der Waals surface area contributed by atoms with Gasteiger partial charge in [-0.15, -0.1) is 0 Å². The Morgan fingerprint density at radius 1 is 1.08 bits per heavy atom. The summed E-state index contributed by atoms with van der Waals surface area (Å²) in [5, 5.41) is 0. The number of rotatable bonds is 6. The van der Waals surface area contributed by atoms with Gasteiger partial charge in [0.1, 0.15) is 17.3 Å². The molecule has 1 heterocycles. The predicted octanol–water partition coefficient (Wildman–Crippen LogP) is 3.94. The first kappa shape index (κ1) is 16.4. The van der Waals surface area contributed by atoms with Gasteiger partial charge in [-0.2, -0.15) is 0 Å². The summed E-state index contributed by atoms with van der Waals surface area (Å²) in [5.74, 6) is 2.04. The molecule has 124 valence electrons. The fourth-order valence-corrected chi connectivity index (χ4v) is 3.30. The van der Waals surface area contributed by atoms with Crippen molar-refractivity contribution in [1.82, 2.24) is 4.98 Å². The van der Waals surface area contributed by atoms with Crippen molar-refractivity contribution in [3.8, 4) is 17.1 Å². The third-order valence-corrected chi connectivity index (χ3v) is 4.68. The van der Waals surface area contributed by atoms with Crippen LogP contribution < -0.4 is 4.74 Å². The van der Waals surface area contributed by atoms with E-state index in [1.807, 2.05) is 24.3 Å².